The van der Waals surface area contributed by atoms with Crippen molar-refractivity contribution in [1.29, 1.82) is 0 Å². The van der Waals surface area contributed by atoms with Crippen molar-refractivity contribution in [2.24, 2.45) is 0 Å². The maximum atomic E-state index is 12.1. The minimum Gasteiger partial charge on any atom is -0.497 e. The van der Waals surface area contributed by atoms with E-state index in [0.717, 1.165) is 29.4 Å². The molecule has 1 aliphatic rings. The van der Waals surface area contributed by atoms with Gasteiger partial charge in [-0.15, -0.1) is 0 Å². The highest BCUT2D eigenvalue weighted by atomic mass is 32.2. The number of fused-ring (bicyclic) bond motifs is 1. The summed E-state index contributed by atoms with van der Waals surface area (Å²) in [4.78, 5) is 0.317. The number of hydrogen-bond donors (Lipinski definition) is 1. The Kier molecular flexibility index (Phi) is 2.95. The minimum atomic E-state index is -3.39. The molecule has 0 aromatic heterocycles. The molecular formula is C14H15NO3S. The van der Waals surface area contributed by atoms with Crippen LogP contribution in [0.5, 0.6) is 5.75 Å². The van der Waals surface area contributed by atoms with Crippen LogP contribution in [0.3, 0.4) is 0 Å². The Labute approximate surface area is 112 Å². The summed E-state index contributed by atoms with van der Waals surface area (Å²) >= 11 is 0. The first-order chi connectivity index (χ1) is 9.08. The number of nitrogens with one attached hydrogen (secondary N) is 1. The summed E-state index contributed by atoms with van der Waals surface area (Å²) in [6.07, 6.45) is 1.87. The lowest BCUT2D eigenvalue weighted by Crippen LogP contribution is -2.25. The molecule has 0 spiro atoms. The summed E-state index contributed by atoms with van der Waals surface area (Å²) in [5.74, 6) is 0.763. The number of ether oxygens (including phenoxy) is 1. The van der Waals surface area contributed by atoms with Gasteiger partial charge in [0, 0.05) is 6.04 Å². The molecule has 0 radical (unpaired) electrons. The molecular weight excluding hydrogens is 262 g/mol. The SMILES string of the molecule is COc1ccc2cc(S(=O)(=O)NC3CC3)ccc2c1. The third kappa shape index (κ3) is 2.57. The Hall–Kier alpha value is -1.59. The van der Waals surface area contributed by atoms with Gasteiger partial charge in [0.1, 0.15) is 5.75 Å². The predicted molar refractivity (Wildman–Crippen MR) is 73.8 cm³/mol. The lowest BCUT2D eigenvalue weighted by Gasteiger charge is -2.07. The van der Waals surface area contributed by atoms with Crippen LogP contribution in [0.4, 0.5) is 0 Å². The highest BCUT2D eigenvalue weighted by molar-refractivity contribution is 7.89. The molecule has 1 saturated carbocycles. The van der Waals surface area contributed by atoms with E-state index in [-0.39, 0.29) is 6.04 Å². The molecule has 0 amide bonds. The molecule has 1 N–H and O–H groups in total. The van der Waals surface area contributed by atoms with Crippen molar-refractivity contribution in [3.63, 3.8) is 0 Å². The van der Waals surface area contributed by atoms with Gasteiger partial charge >= 0.3 is 0 Å². The normalized spacial score (nSPS) is 15.6. The molecule has 0 bridgehead atoms. The standard InChI is InChI=1S/C14H15NO3S/c1-18-13-6-2-11-9-14(7-3-10(11)8-13)19(16,17)15-12-4-5-12/h2-3,6-9,12,15H,4-5H2,1H3. The predicted octanol–water partition coefficient (Wildman–Crippen LogP) is 2.29. The summed E-state index contributed by atoms with van der Waals surface area (Å²) in [6, 6.07) is 10.8. The van der Waals surface area contributed by atoms with Crippen molar-refractivity contribution in [1.82, 2.24) is 4.72 Å². The van der Waals surface area contributed by atoms with E-state index in [9.17, 15) is 8.42 Å². The number of benzene rings is 2. The van der Waals surface area contributed by atoms with E-state index < -0.39 is 10.0 Å². The van der Waals surface area contributed by atoms with E-state index in [1.54, 1.807) is 25.3 Å². The van der Waals surface area contributed by atoms with Crippen molar-refractivity contribution in [2.45, 2.75) is 23.8 Å². The molecule has 0 atom stereocenters. The molecule has 5 heteroatoms. The molecule has 0 aliphatic heterocycles. The maximum Gasteiger partial charge on any atom is 0.240 e. The number of rotatable bonds is 4. The van der Waals surface area contributed by atoms with Crippen molar-refractivity contribution in [3.8, 4) is 5.75 Å². The van der Waals surface area contributed by atoms with Crippen LogP contribution in [0.15, 0.2) is 41.3 Å². The second-order valence-electron chi connectivity index (χ2n) is 4.77. The smallest absolute Gasteiger partial charge is 0.240 e. The lowest BCUT2D eigenvalue weighted by molar-refractivity contribution is 0.415. The van der Waals surface area contributed by atoms with Gasteiger partial charge in [0.05, 0.1) is 12.0 Å². The van der Waals surface area contributed by atoms with E-state index in [2.05, 4.69) is 4.72 Å². The van der Waals surface area contributed by atoms with E-state index in [1.807, 2.05) is 18.2 Å². The van der Waals surface area contributed by atoms with Crippen LogP contribution in [-0.4, -0.2) is 21.6 Å². The molecule has 3 rings (SSSR count). The van der Waals surface area contributed by atoms with E-state index in [1.165, 1.54) is 0 Å². The zero-order valence-electron chi connectivity index (χ0n) is 10.6. The van der Waals surface area contributed by atoms with Gasteiger partial charge < -0.3 is 4.74 Å². The summed E-state index contributed by atoms with van der Waals surface area (Å²) in [5, 5.41) is 1.85. The van der Waals surface area contributed by atoms with Crippen LogP contribution < -0.4 is 9.46 Å². The molecule has 1 fully saturated rings. The zero-order chi connectivity index (χ0) is 13.5. The van der Waals surface area contributed by atoms with Gasteiger partial charge in [-0.2, -0.15) is 0 Å². The van der Waals surface area contributed by atoms with Crippen molar-refractivity contribution < 1.29 is 13.2 Å². The average molecular weight is 277 g/mol. The molecule has 4 nitrogen and oxygen atoms in total. The van der Waals surface area contributed by atoms with Gasteiger partial charge in [0.15, 0.2) is 0 Å². The molecule has 1 aliphatic carbocycles. The minimum absolute atomic E-state index is 0.122. The van der Waals surface area contributed by atoms with Crippen molar-refractivity contribution >= 4 is 20.8 Å². The Bertz CT molecular complexity index is 721. The molecule has 0 heterocycles. The fourth-order valence-electron chi connectivity index (χ4n) is 1.98. The first kappa shape index (κ1) is 12.4. The van der Waals surface area contributed by atoms with Crippen LogP contribution in [-0.2, 0) is 10.0 Å². The molecule has 0 saturated heterocycles. The summed E-state index contributed by atoms with van der Waals surface area (Å²) < 4.78 is 32.1. The highest BCUT2D eigenvalue weighted by Crippen LogP contribution is 2.26. The van der Waals surface area contributed by atoms with E-state index >= 15 is 0 Å². The topological polar surface area (TPSA) is 55.4 Å². The van der Waals surface area contributed by atoms with Gasteiger partial charge in [-0.3, -0.25) is 0 Å². The Morgan fingerprint density at radius 1 is 1.11 bits per heavy atom. The average Bonchev–Trinajstić information content (AvgIpc) is 3.20. The maximum absolute atomic E-state index is 12.1. The summed E-state index contributed by atoms with van der Waals surface area (Å²) in [5.41, 5.74) is 0. The lowest BCUT2D eigenvalue weighted by atomic mass is 10.1. The second-order valence-corrected chi connectivity index (χ2v) is 6.48. The third-order valence-corrected chi connectivity index (χ3v) is 4.75. The van der Waals surface area contributed by atoms with Crippen molar-refractivity contribution in [2.75, 3.05) is 7.11 Å². The zero-order valence-corrected chi connectivity index (χ0v) is 11.4. The van der Waals surface area contributed by atoms with Gasteiger partial charge in [0.25, 0.3) is 0 Å². The largest absolute Gasteiger partial charge is 0.497 e. The molecule has 19 heavy (non-hydrogen) atoms. The van der Waals surface area contributed by atoms with Crippen LogP contribution >= 0.6 is 0 Å². The van der Waals surface area contributed by atoms with Gasteiger partial charge in [-0.25, -0.2) is 13.1 Å². The van der Waals surface area contributed by atoms with E-state index in [0.29, 0.717) is 4.90 Å². The van der Waals surface area contributed by atoms with E-state index in [4.69, 9.17) is 4.74 Å². The Morgan fingerprint density at radius 3 is 2.47 bits per heavy atom. The third-order valence-electron chi connectivity index (χ3n) is 3.23. The Balaban J connectivity index is 2.01. The van der Waals surface area contributed by atoms with Gasteiger partial charge in [-0.05, 0) is 47.9 Å². The number of sulfonamides is 1. The van der Waals surface area contributed by atoms with Crippen molar-refractivity contribution in [3.05, 3.63) is 36.4 Å². The van der Waals surface area contributed by atoms with Crippen LogP contribution in [0, 0.1) is 0 Å². The number of hydrogen-bond acceptors (Lipinski definition) is 3. The second kappa shape index (κ2) is 4.51. The van der Waals surface area contributed by atoms with Crippen LogP contribution in [0.25, 0.3) is 10.8 Å². The van der Waals surface area contributed by atoms with Crippen LogP contribution in [0.1, 0.15) is 12.8 Å². The fraction of sp³-hybridized carbons (Fsp3) is 0.286. The first-order valence-electron chi connectivity index (χ1n) is 6.19. The molecule has 100 valence electrons. The molecule has 2 aromatic carbocycles. The van der Waals surface area contributed by atoms with Gasteiger partial charge in [-0.1, -0.05) is 12.1 Å². The molecule has 0 unspecified atom stereocenters. The number of methoxy groups -OCH3 is 1. The quantitative estimate of drug-likeness (QED) is 0.933. The van der Waals surface area contributed by atoms with Crippen LogP contribution in [0.2, 0.25) is 0 Å². The summed E-state index contributed by atoms with van der Waals surface area (Å²) in [6.45, 7) is 0. The monoisotopic (exact) mass is 277 g/mol. The fourth-order valence-corrected chi connectivity index (χ4v) is 3.32. The molecule has 2 aromatic rings. The highest BCUT2D eigenvalue weighted by Gasteiger charge is 2.27. The summed E-state index contributed by atoms with van der Waals surface area (Å²) in [7, 11) is -1.77. The first-order valence-corrected chi connectivity index (χ1v) is 7.67. The Morgan fingerprint density at radius 2 is 1.79 bits per heavy atom. The van der Waals surface area contributed by atoms with Gasteiger partial charge in [0.2, 0.25) is 10.0 Å².